The number of nitrogen functional groups attached to an aromatic ring is 1. The van der Waals surface area contributed by atoms with Crippen LogP contribution in [0.1, 0.15) is 5.56 Å². The van der Waals surface area contributed by atoms with Gasteiger partial charge >= 0.3 is 0 Å². The van der Waals surface area contributed by atoms with Gasteiger partial charge in [-0.15, -0.1) is 11.3 Å². The summed E-state index contributed by atoms with van der Waals surface area (Å²) < 4.78 is 0. The Kier molecular flexibility index (Phi) is 3.29. The Balaban J connectivity index is 1.74. The molecule has 1 fully saturated rings. The molecule has 1 saturated heterocycles. The molecule has 100 valence electrons. The first kappa shape index (κ1) is 12.3. The number of thiazole rings is 1. The predicted octanol–water partition coefficient (Wildman–Crippen LogP) is 2.36. The maximum absolute atomic E-state index is 6.12. The van der Waals surface area contributed by atoms with Gasteiger partial charge in [-0.1, -0.05) is 12.1 Å². The number of rotatable bonds is 2. The summed E-state index contributed by atoms with van der Waals surface area (Å²) >= 11 is 1.70. The molecule has 3 rings (SSSR count). The van der Waals surface area contributed by atoms with Crippen LogP contribution in [0.5, 0.6) is 0 Å². The van der Waals surface area contributed by atoms with Gasteiger partial charge < -0.3 is 15.5 Å². The lowest BCUT2D eigenvalue weighted by Gasteiger charge is -2.37. The van der Waals surface area contributed by atoms with Crippen LogP contribution < -0.4 is 15.5 Å². The molecular weight excluding hydrogens is 256 g/mol. The summed E-state index contributed by atoms with van der Waals surface area (Å²) in [6, 6.07) is 6.12. The minimum Gasteiger partial charge on any atom is -0.397 e. The van der Waals surface area contributed by atoms with Crippen molar-refractivity contribution >= 4 is 27.8 Å². The number of nitrogens with zero attached hydrogens (tertiary/aromatic N) is 3. The summed E-state index contributed by atoms with van der Waals surface area (Å²) in [5.74, 6) is 0. The van der Waals surface area contributed by atoms with E-state index in [2.05, 4.69) is 27.8 Å². The van der Waals surface area contributed by atoms with Crippen molar-refractivity contribution in [2.45, 2.75) is 6.92 Å². The molecule has 0 spiro atoms. The van der Waals surface area contributed by atoms with E-state index >= 15 is 0 Å². The lowest BCUT2D eigenvalue weighted by atomic mass is 10.1. The molecular formula is C14H18N4S. The third-order valence-electron chi connectivity index (χ3n) is 3.55. The number of hydrogen-bond acceptors (Lipinski definition) is 5. The van der Waals surface area contributed by atoms with E-state index in [1.165, 1.54) is 11.3 Å². The number of nitrogens with two attached hydrogens (primary N) is 1. The molecule has 2 aromatic rings. The third kappa shape index (κ3) is 2.38. The number of anilines is 3. The molecule has 2 N–H and O–H groups in total. The Morgan fingerprint density at radius 2 is 1.89 bits per heavy atom. The maximum atomic E-state index is 6.12. The molecule has 5 heteroatoms. The van der Waals surface area contributed by atoms with Crippen LogP contribution in [0.2, 0.25) is 0 Å². The first-order valence-electron chi connectivity index (χ1n) is 6.50. The first-order valence-corrected chi connectivity index (χ1v) is 7.38. The van der Waals surface area contributed by atoms with Crippen molar-refractivity contribution in [2.75, 3.05) is 41.7 Å². The summed E-state index contributed by atoms with van der Waals surface area (Å²) in [5.41, 5.74) is 9.44. The first-order chi connectivity index (χ1) is 9.25. The number of piperazine rings is 1. The number of hydrogen-bond donors (Lipinski definition) is 1. The molecule has 1 aromatic heterocycles. The number of para-hydroxylation sites is 1. The Bertz CT molecular complexity index is 524. The SMILES string of the molecule is Cc1cccc(N)c1N1CCN(c2nccs2)CC1. The van der Waals surface area contributed by atoms with Gasteiger partial charge in [-0.2, -0.15) is 0 Å². The Morgan fingerprint density at radius 3 is 2.53 bits per heavy atom. The normalized spacial score (nSPS) is 15.8. The maximum Gasteiger partial charge on any atom is 0.185 e. The molecule has 0 aliphatic carbocycles. The fraction of sp³-hybridized carbons (Fsp3) is 0.357. The third-order valence-corrected chi connectivity index (χ3v) is 4.39. The van der Waals surface area contributed by atoms with Gasteiger partial charge in [-0.25, -0.2) is 4.98 Å². The van der Waals surface area contributed by atoms with Crippen molar-refractivity contribution < 1.29 is 0 Å². The molecule has 2 heterocycles. The van der Waals surface area contributed by atoms with Gasteiger partial charge in [0.15, 0.2) is 5.13 Å². The molecule has 1 aromatic carbocycles. The van der Waals surface area contributed by atoms with Crippen molar-refractivity contribution in [3.05, 3.63) is 35.3 Å². The zero-order valence-electron chi connectivity index (χ0n) is 11.0. The van der Waals surface area contributed by atoms with E-state index in [1.807, 2.05) is 23.7 Å². The van der Waals surface area contributed by atoms with E-state index in [4.69, 9.17) is 5.73 Å². The van der Waals surface area contributed by atoms with Gasteiger partial charge in [0, 0.05) is 37.8 Å². The van der Waals surface area contributed by atoms with Gasteiger partial charge in [0.25, 0.3) is 0 Å². The smallest absolute Gasteiger partial charge is 0.185 e. The quantitative estimate of drug-likeness (QED) is 0.854. The minimum absolute atomic E-state index is 0.877. The molecule has 19 heavy (non-hydrogen) atoms. The van der Waals surface area contributed by atoms with Crippen molar-refractivity contribution in [3.8, 4) is 0 Å². The van der Waals surface area contributed by atoms with Crippen LogP contribution in [0.15, 0.2) is 29.8 Å². The average Bonchev–Trinajstić information content (AvgIpc) is 2.93. The molecule has 0 radical (unpaired) electrons. The molecule has 0 saturated carbocycles. The van der Waals surface area contributed by atoms with E-state index in [0.29, 0.717) is 0 Å². The molecule has 0 bridgehead atoms. The van der Waals surface area contributed by atoms with E-state index in [-0.39, 0.29) is 0 Å². The van der Waals surface area contributed by atoms with Gasteiger partial charge in [-0.3, -0.25) is 0 Å². The van der Waals surface area contributed by atoms with Crippen molar-refractivity contribution in [1.29, 1.82) is 0 Å². The van der Waals surface area contributed by atoms with Gasteiger partial charge in [-0.05, 0) is 18.6 Å². The molecule has 0 amide bonds. The van der Waals surface area contributed by atoms with Crippen LogP contribution in [0.4, 0.5) is 16.5 Å². The summed E-state index contributed by atoms with van der Waals surface area (Å²) in [5, 5.41) is 3.15. The van der Waals surface area contributed by atoms with E-state index in [1.54, 1.807) is 11.3 Å². The standard InChI is InChI=1S/C14H18N4S/c1-11-3-2-4-12(15)13(11)17-6-8-18(9-7-17)14-16-5-10-19-14/h2-5,10H,6-9,15H2,1H3. The van der Waals surface area contributed by atoms with Crippen LogP contribution in [0, 0.1) is 6.92 Å². The zero-order chi connectivity index (χ0) is 13.2. The lowest BCUT2D eigenvalue weighted by molar-refractivity contribution is 0.651. The summed E-state index contributed by atoms with van der Waals surface area (Å²) in [6.07, 6.45) is 1.87. The molecule has 1 aliphatic heterocycles. The molecule has 0 unspecified atom stereocenters. The molecule has 0 atom stereocenters. The minimum atomic E-state index is 0.877. The highest BCUT2D eigenvalue weighted by atomic mass is 32.1. The highest BCUT2D eigenvalue weighted by Gasteiger charge is 2.21. The average molecular weight is 274 g/mol. The largest absolute Gasteiger partial charge is 0.397 e. The van der Waals surface area contributed by atoms with Crippen LogP contribution in [-0.2, 0) is 0 Å². The second-order valence-electron chi connectivity index (χ2n) is 4.80. The molecule has 1 aliphatic rings. The van der Waals surface area contributed by atoms with E-state index < -0.39 is 0 Å². The highest BCUT2D eigenvalue weighted by Crippen LogP contribution is 2.29. The van der Waals surface area contributed by atoms with E-state index in [9.17, 15) is 0 Å². The summed E-state index contributed by atoms with van der Waals surface area (Å²) in [6.45, 7) is 6.12. The van der Waals surface area contributed by atoms with Gasteiger partial charge in [0.2, 0.25) is 0 Å². The van der Waals surface area contributed by atoms with Crippen LogP contribution in [0.25, 0.3) is 0 Å². The number of benzene rings is 1. The fourth-order valence-electron chi connectivity index (χ4n) is 2.61. The number of aromatic nitrogens is 1. The van der Waals surface area contributed by atoms with Crippen LogP contribution in [0.3, 0.4) is 0 Å². The predicted molar refractivity (Wildman–Crippen MR) is 82.1 cm³/mol. The monoisotopic (exact) mass is 274 g/mol. The zero-order valence-corrected chi connectivity index (χ0v) is 11.9. The highest BCUT2D eigenvalue weighted by molar-refractivity contribution is 7.13. The van der Waals surface area contributed by atoms with Crippen LogP contribution >= 0.6 is 11.3 Å². The summed E-state index contributed by atoms with van der Waals surface area (Å²) in [7, 11) is 0. The number of aryl methyl sites for hydroxylation is 1. The Hall–Kier alpha value is -1.75. The fourth-order valence-corrected chi connectivity index (χ4v) is 3.30. The van der Waals surface area contributed by atoms with Crippen molar-refractivity contribution in [2.24, 2.45) is 0 Å². The van der Waals surface area contributed by atoms with Gasteiger partial charge in [0.1, 0.15) is 0 Å². The van der Waals surface area contributed by atoms with Crippen LogP contribution in [-0.4, -0.2) is 31.2 Å². The Morgan fingerprint density at radius 1 is 1.16 bits per heavy atom. The Labute approximate surface area is 117 Å². The van der Waals surface area contributed by atoms with Crippen molar-refractivity contribution in [3.63, 3.8) is 0 Å². The second-order valence-corrected chi connectivity index (χ2v) is 5.67. The van der Waals surface area contributed by atoms with Crippen molar-refractivity contribution in [1.82, 2.24) is 4.98 Å². The van der Waals surface area contributed by atoms with Gasteiger partial charge in [0.05, 0.1) is 11.4 Å². The molecule has 4 nitrogen and oxygen atoms in total. The van der Waals surface area contributed by atoms with E-state index in [0.717, 1.165) is 37.0 Å². The topological polar surface area (TPSA) is 45.4 Å². The lowest BCUT2D eigenvalue weighted by Crippen LogP contribution is -2.47. The second kappa shape index (κ2) is 5.09. The summed E-state index contributed by atoms with van der Waals surface area (Å²) in [4.78, 5) is 9.10.